The van der Waals surface area contributed by atoms with Gasteiger partial charge in [-0.1, -0.05) is 18.6 Å². The summed E-state index contributed by atoms with van der Waals surface area (Å²) >= 11 is 2.20. The van der Waals surface area contributed by atoms with Gasteiger partial charge in [-0.05, 0) is 52.4 Å². The van der Waals surface area contributed by atoms with Gasteiger partial charge < -0.3 is 14.4 Å². The molecular weight excluding hydrogens is 428 g/mol. The number of carboxylic acid groups (broad SMARTS) is 1. The Bertz CT molecular complexity index is 748. The van der Waals surface area contributed by atoms with Crippen molar-refractivity contribution in [2.75, 3.05) is 7.11 Å². The molecule has 0 saturated heterocycles. The lowest BCUT2D eigenvalue weighted by molar-refractivity contribution is 0.0692. The number of rotatable bonds is 6. The second-order valence-corrected chi connectivity index (χ2v) is 7.31. The smallest absolute Gasteiger partial charge is 0.341 e. The van der Waals surface area contributed by atoms with Gasteiger partial charge in [0, 0.05) is 10.9 Å². The summed E-state index contributed by atoms with van der Waals surface area (Å²) in [6, 6.07) is 5.68. The summed E-state index contributed by atoms with van der Waals surface area (Å²) in [7, 11) is 1.44. The van der Waals surface area contributed by atoms with Crippen LogP contribution in [0, 0.1) is 0 Å². The quantitative estimate of drug-likeness (QED) is 0.517. The van der Waals surface area contributed by atoms with E-state index >= 15 is 0 Å². The van der Waals surface area contributed by atoms with Crippen molar-refractivity contribution in [3.63, 3.8) is 0 Å². The van der Waals surface area contributed by atoms with E-state index in [9.17, 15) is 9.90 Å². The molecule has 23 heavy (non-hydrogen) atoms. The van der Waals surface area contributed by atoms with Gasteiger partial charge in [0.1, 0.15) is 5.56 Å². The molecule has 2 aromatic rings. The van der Waals surface area contributed by atoms with Crippen LogP contribution in [-0.2, 0) is 11.1 Å². The molecule has 122 valence electrons. The fourth-order valence-electron chi connectivity index (χ4n) is 2.96. The van der Waals surface area contributed by atoms with Crippen LogP contribution in [0.15, 0.2) is 18.2 Å². The van der Waals surface area contributed by atoms with E-state index in [2.05, 4.69) is 33.1 Å². The Hall–Kier alpha value is -0.980. The average molecular weight is 445 g/mol. The van der Waals surface area contributed by atoms with Crippen molar-refractivity contribution in [3.05, 3.63) is 34.9 Å². The Kier molecular flexibility index (Phi) is 5.34. The third-order valence-electron chi connectivity index (χ3n) is 4.33. The zero-order chi connectivity index (χ0) is 16.4. The number of carbonyl (C=O) groups is 1. The first-order valence-corrected chi connectivity index (χ1v) is 11.4. The number of pyridine rings is 1. The maximum absolute atomic E-state index is 11.4. The number of nitrogens with zero attached hydrogens (tertiary/aromatic N) is 1. The van der Waals surface area contributed by atoms with Gasteiger partial charge in [-0.3, -0.25) is 0 Å². The fraction of sp³-hybridized carbons (Fsp3) is 0.375. The van der Waals surface area contributed by atoms with Gasteiger partial charge in [-0.2, -0.15) is 0 Å². The number of methoxy groups -OCH3 is 1. The first-order valence-electron chi connectivity index (χ1n) is 7.37. The predicted octanol–water partition coefficient (Wildman–Crippen LogP) is 4.67. The van der Waals surface area contributed by atoms with Gasteiger partial charge in [-0.15, -0.1) is 0 Å². The molecular formula is C16H17INO4P. The molecule has 1 N–H and O–H groups in total. The van der Waals surface area contributed by atoms with Crippen LogP contribution in [0.2, 0.25) is 0 Å². The largest absolute Gasteiger partial charge is 0.480 e. The molecule has 0 bridgehead atoms. The van der Waals surface area contributed by atoms with Crippen LogP contribution in [0.3, 0.4) is 0 Å². The second kappa shape index (κ2) is 7.28. The summed E-state index contributed by atoms with van der Waals surface area (Å²) in [5.74, 6) is -0.331. The summed E-state index contributed by atoms with van der Waals surface area (Å²) in [5.41, 5.74) is 3.20. The number of halogens is 1. The highest BCUT2D eigenvalue weighted by Gasteiger charge is 2.25. The molecule has 1 aromatic carbocycles. The van der Waals surface area contributed by atoms with Crippen molar-refractivity contribution in [2.45, 2.75) is 31.8 Å². The average Bonchev–Trinajstić information content (AvgIpc) is 2.50. The van der Waals surface area contributed by atoms with Crippen LogP contribution < -0.4 is 4.74 Å². The van der Waals surface area contributed by atoms with Gasteiger partial charge in [0.25, 0.3) is 0 Å². The van der Waals surface area contributed by atoms with Gasteiger partial charge in [0.05, 0.1) is 25.7 Å². The Balaban J connectivity index is 2.19. The van der Waals surface area contributed by atoms with Crippen LogP contribution >= 0.6 is 28.5 Å². The molecule has 3 rings (SSSR count). The van der Waals surface area contributed by atoms with E-state index in [1.807, 2.05) is 6.07 Å². The minimum atomic E-state index is -1.04. The summed E-state index contributed by atoms with van der Waals surface area (Å²) in [5, 5.41) is 10.1. The molecule has 0 radical (unpaired) electrons. The molecule has 1 fully saturated rings. The number of benzene rings is 1. The highest BCUT2D eigenvalue weighted by atomic mass is 127. The van der Waals surface area contributed by atoms with Gasteiger partial charge >= 0.3 is 5.97 Å². The molecule has 0 spiro atoms. The Labute approximate surface area is 149 Å². The number of hydrogen-bond donors (Lipinski definition) is 1. The lowest BCUT2D eigenvalue weighted by atomic mass is 9.78. The zero-order valence-corrected chi connectivity index (χ0v) is 15.8. The zero-order valence-electron chi connectivity index (χ0n) is 12.6. The predicted molar refractivity (Wildman–Crippen MR) is 99.0 cm³/mol. The van der Waals surface area contributed by atoms with Crippen LogP contribution in [0.4, 0.5) is 0 Å². The highest BCUT2D eigenvalue weighted by molar-refractivity contribution is 14.2. The van der Waals surface area contributed by atoms with Crippen molar-refractivity contribution in [1.29, 1.82) is 0 Å². The van der Waals surface area contributed by atoms with Crippen molar-refractivity contribution in [1.82, 2.24) is 4.98 Å². The minimum absolute atomic E-state index is 0.0824. The van der Waals surface area contributed by atoms with E-state index in [1.54, 1.807) is 6.07 Å². The maximum Gasteiger partial charge on any atom is 0.341 e. The number of hydrogen-bond acceptors (Lipinski definition) is 4. The Morgan fingerprint density at radius 2 is 2.26 bits per heavy atom. The molecule has 1 aromatic heterocycles. The lowest BCUT2D eigenvalue weighted by Gasteiger charge is -2.28. The number of fused-ring (bicyclic) bond motifs is 1. The van der Waals surface area contributed by atoms with Crippen LogP contribution in [0.1, 0.15) is 46.7 Å². The number of carboxylic acids is 1. The van der Waals surface area contributed by atoms with Crippen LogP contribution in [0.25, 0.3) is 10.9 Å². The maximum atomic E-state index is 11.4. The monoisotopic (exact) mass is 445 g/mol. The molecule has 7 heteroatoms. The Morgan fingerprint density at radius 3 is 2.83 bits per heavy atom. The first-order chi connectivity index (χ1) is 11.2. The molecule has 5 nitrogen and oxygen atoms in total. The third-order valence-corrected chi connectivity index (χ3v) is 5.52. The van der Waals surface area contributed by atoms with Crippen molar-refractivity contribution < 1.29 is 19.2 Å². The SMILES string of the molecule is COc1nc2c(COPI)c(C3CCC3)ccc2cc1C(=O)O. The van der Waals surface area contributed by atoms with E-state index in [-0.39, 0.29) is 11.4 Å². The van der Waals surface area contributed by atoms with Gasteiger partial charge in [0.15, 0.2) is 0 Å². The summed E-state index contributed by atoms with van der Waals surface area (Å²) in [6.45, 7) is 0.864. The van der Waals surface area contributed by atoms with E-state index in [0.717, 1.165) is 16.5 Å². The summed E-state index contributed by atoms with van der Waals surface area (Å²) in [4.78, 5) is 15.9. The normalized spacial score (nSPS) is 15.2. The Morgan fingerprint density at radius 1 is 1.48 bits per heavy atom. The molecule has 1 aliphatic rings. The number of aromatic nitrogens is 1. The fourth-order valence-corrected chi connectivity index (χ4v) is 3.63. The van der Waals surface area contributed by atoms with E-state index in [1.165, 1.54) is 31.9 Å². The van der Waals surface area contributed by atoms with E-state index < -0.39 is 5.97 Å². The van der Waals surface area contributed by atoms with Crippen molar-refractivity contribution in [3.8, 4) is 5.88 Å². The van der Waals surface area contributed by atoms with Crippen molar-refractivity contribution >= 4 is 45.4 Å². The molecule has 1 aliphatic carbocycles. The molecule has 1 atom stereocenters. The van der Waals surface area contributed by atoms with Gasteiger partial charge in [-0.25, -0.2) is 9.78 Å². The van der Waals surface area contributed by atoms with Gasteiger partial charge in [0.2, 0.25) is 5.88 Å². The third kappa shape index (κ3) is 3.30. The summed E-state index contributed by atoms with van der Waals surface area (Å²) < 4.78 is 10.8. The second-order valence-electron chi connectivity index (χ2n) is 5.55. The van der Waals surface area contributed by atoms with Crippen LogP contribution in [-0.4, -0.2) is 23.2 Å². The highest BCUT2D eigenvalue weighted by Crippen LogP contribution is 2.41. The lowest BCUT2D eigenvalue weighted by Crippen LogP contribution is -2.12. The molecule has 0 aliphatic heterocycles. The number of aromatic carboxylic acids is 1. The molecule has 1 heterocycles. The van der Waals surface area contributed by atoms with Crippen molar-refractivity contribution in [2.24, 2.45) is 0 Å². The standard InChI is InChI=1S/C16H17INO4P/c1-21-15-12(16(19)20)7-10-5-6-11(9-3-2-4-9)13(8-22-23-17)14(10)18-15/h5-7,9,23H,2-4,8H2,1H3,(H,19,20). The minimum Gasteiger partial charge on any atom is -0.480 e. The van der Waals surface area contributed by atoms with E-state index in [4.69, 9.17) is 9.26 Å². The topological polar surface area (TPSA) is 68.7 Å². The molecule has 1 saturated carbocycles. The number of ether oxygens (including phenoxy) is 1. The van der Waals surface area contributed by atoms with Crippen LogP contribution in [0.5, 0.6) is 5.88 Å². The van der Waals surface area contributed by atoms with E-state index in [0.29, 0.717) is 19.0 Å². The molecule has 1 unspecified atom stereocenters. The first kappa shape index (κ1) is 16.9. The summed E-state index contributed by atoms with van der Waals surface area (Å²) in [6.07, 6.45) is 3.64. The molecule has 0 amide bonds.